The number of nitrogens with one attached hydrogen (secondary N) is 2. The molecule has 0 aliphatic rings. The van der Waals surface area contributed by atoms with Gasteiger partial charge in [0.1, 0.15) is 5.01 Å². The van der Waals surface area contributed by atoms with Crippen molar-refractivity contribution in [2.75, 3.05) is 13.1 Å². The lowest BCUT2D eigenvalue weighted by Gasteiger charge is -2.06. The van der Waals surface area contributed by atoms with Gasteiger partial charge in [-0.3, -0.25) is 9.59 Å². The molecule has 0 atom stereocenters. The molecular formula is C20H19N3O2S. The molecule has 3 aromatic rings. The molecule has 6 heteroatoms. The van der Waals surface area contributed by atoms with Gasteiger partial charge in [-0.25, -0.2) is 4.98 Å². The number of hydrogen-bond acceptors (Lipinski definition) is 4. The van der Waals surface area contributed by atoms with Gasteiger partial charge >= 0.3 is 0 Å². The van der Waals surface area contributed by atoms with E-state index in [9.17, 15) is 9.59 Å². The Labute approximate surface area is 156 Å². The zero-order valence-corrected chi connectivity index (χ0v) is 15.0. The predicted octanol–water partition coefficient (Wildman–Crippen LogP) is 2.90. The van der Waals surface area contributed by atoms with E-state index in [0.717, 1.165) is 16.3 Å². The molecule has 2 amide bonds. The Morgan fingerprint density at radius 3 is 2.27 bits per heavy atom. The first-order chi connectivity index (χ1) is 12.7. The Morgan fingerprint density at radius 2 is 1.54 bits per heavy atom. The average molecular weight is 365 g/mol. The second-order valence-electron chi connectivity index (χ2n) is 5.66. The Bertz CT molecular complexity index is 863. The Kier molecular flexibility index (Phi) is 6.11. The van der Waals surface area contributed by atoms with E-state index < -0.39 is 0 Å². The summed E-state index contributed by atoms with van der Waals surface area (Å²) in [7, 11) is 0. The SMILES string of the molecule is O=C(Cc1csc(-c2ccccc2)n1)NCCNC(=O)c1ccccc1. The molecule has 0 saturated heterocycles. The molecule has 0 saturated carbocycles. The van der Waals surface area contributed by atoms with Crippen LogP contribution >= 0.6 is 11.3 Å². The number of benzene rings is 2. The molecule has 26 heavy (non-hydrogen) atoms. The molecule has 0 unspecified atom stereocenters. The largest absolute Gasteiger partial charge is 0.354 e. The van der Waals surface area contributed by atoms with Gasteiger partial charge in [-0.2, -0.15) is 0 Å². The zero-order chi connectivity index (χ0) is 18.2. The first-order valence-electron chi connectivity index (χ1n) is 8.32. The first-order valence-corrected chi connectivity index (χ1v) is 9.20. The first kappa shape index (κ1) is 17.8. The summed E-state index contributed by atoms with van der Waals surface area (Å²) >= 11 is 1.53. The van der Waals surface area contributed by atoms with E-state index in [-0.39, 0.29) is 18.2 Å². The third-order valence-corrected chi connectivity index (χ3v) is 4.62. The van der Waals surface area contributed by atoms with Crippen LogP contribution in [0.2, 0.25) is 0 Å². The molecule has 0 spiro atoms. The van der Waals surface area contributed by atoms with Gasteiger partial charge in [-0.05, 0) is 12.1 Å². The maximum atomic E-state index is 12.0. The lowest BCUT2D eigenvalue weighted by atomic mass is 10.2. The fourth-order valence-corrected chi connectivity index (χ4v) is 3.22. The third-order valence-electron chi connectivity index (χ3n) is 3.68. The van der Waals surface area contributed by atoms with Crippen molar-refractivity contribution < 1.29 is 9.59 Å². The molecule has 0 bridgehead atoms. The minimum atomic E-state index is -0.146. The molecule has 0 aliphatic carbocycles. The van der Waals surface area contributed by atoms with E-state index in [2.05, 4.69) is 15.6 Å². The zero-order valence-electron chi connectivity index (χ0n) is 14.1. The minimum Gasteiger partial charge on any atom is -0.354 e. The van der Waals surface area contributed by atoms with E-state index in [1.165, 1.54) is 11.3 Å². The van der Waals surface area contributed by atoms with Crippen LogP contribution in [0.5, 0.6) is 0 Å². The van der Waals surface area contributed by atoms with Crippen molar-refractivity contribution in [2.45, 2.75) is 6.42 Å². The maximum Gasteiger partial charge on any atom is 0.251 e. The third kappa shape index (κ3) is 5.00. The van der Waals surface area contributed by atoms with Crippen molar-refractivity contribution in [3.05, 3.63) is 77.3 Å². The number of thiazole rings is 1. The molecule has 3 rings (SSSR count). The summed E-state index contributed by atoms with van der Waals surface area (Å²) in [4.78, 5) is 28.4. The quantitative estimate of drug-likeness (QED) is 0.633. The summed E-state index contributed by atoms with van der Waals surface area (Å²) in [5.74, 6) is -0.254. The van der Waals surface area contributed by atoms with Crippen LogP contribution in [-0.2, 0) is 11.2 Å². The topological polar surface area (TPSA) is 71.1 Å². The van der Waals surface area contributed by atoms with Crippen molar-refractivity contribution >= 4 is 23.2 Å². The predicted molar refractivity (Wildman–Crippen MR) is 103 cm³/mol. The van der Waals surface area contributed by atoms with Gasteiger partial charge in [0.2, 0.25) is 5.91 Å². The maximum absolute atomic E-state index is 12.0. The molecule has 0 aliphatic heterocycles. The monoisotopic (exact) mass is 365 g/mol. The molecule has 2 N–H and O–H groups in total. The second-order valence-corrected chi connectivity index (χ2v) is 6.52. The number of nitrogens with zero attached hydrogens (tertiary/aromatic N) is 1. The van der Waals surface area contributed by atoms with Crippen molar-refractivity contribution in [2.24, 2.45) is 0 Å². The smallest absolute Gasteiger partial charge is 0.251 e. The summed E-state index contributed by atoms with van der Waals surface area (Å²) in [5, 5.41) is 8.38. The van der Waals surface area contributed by atoms with Crippen molar-refractivity contribution in [3.8, 4) is 10.6 Å². The number of rotatable bonds is 7. The van der Waals surface area contributed by atoms with Crippen LogP contribution in [-0.4, -0.2) is 29.9 Å². The summed E-state index contributed by atoms with van der Waals surface area (Å²) in [5.41, 5.74) is 2.40. The standard InChI is InChI=1S/C20H19N3O2S/c24-18(21-11-12-22-19(25)15-7-3-1-4-8-15)13-17-14-26-20(23-17)16-9-5-2-6-10-16/h1-10,14H,11-13H2,(H,21,24)(H,22,25). The van der Waals surface area contributed by atoms with Crippen LogP contribution in [0.1, 0.15) is 16.1 Å². The number of hydrogen-bond donors (Lipinski definition) is 2. The Morgan fingerprint density at radius 1 is 0.885 bits per heavy atom. The molecule has 2 aromatic carbocycles. The lowest BCUT2D eigenvalue weighted by Crippen LogP contribution is -2.35. The van der Waals surface area contributed by atoms with Crippen LogP contribution in [0, 0.1) is 0 Å². The van der Waals surface area contributed by atoms with Crippen LogP contribution < -0.4 is 10.6 Å². The van der Waals surface area contributed by atoms with Crippen molar-refractivity contribution in [1.29, 1.82) is 0 Å². The van der Waals surface area contributed by atoms with Crippen molar-refractivity contribution in [3.63, 3.8) is 0 Å². The molecule has 0 radical (unpaired) electrons. The lowest BCUT2D eigenvalue weighted by molar-refractivity contribution is -0.120. The highest BCUT2D eigenvalue weighted by Gasteiger charge is 2.09. The molecule has 5 nitrogen and oxygen atoms in total. The van der Waals surface area contributed by atoms with Gasteiger partial charge in [-0.1, -0.05) is 48.5 Å². The molecule has 132 valence electrons. The number of aromatic nitrogens is 1. The Hall–Kier alpha value is -2.99. The summed E-state index contributed by atoms with van der Waals surface area (Å²) in [6, 6.07) is 18.9. The highest BCUT2D eigenvalue weighted by atomic mass is 32.1. The highest BCUT2D eigenvalue weighted by molar-refractivity contribution is 7.13. The summed E-state index contributed by atoms with van der Waals surface area (Å²) in [6.07, 6.45) is 0.232. The summed E-state index contributed by atoms with van der Waals surface area (Å²) < 4.78 is 0. The number of carbonyl (C=O) groups excluding carboxylic acids is 2. The van der Waals surface area contributed by atoms with Crippen molar-refractivity contribution in [1.82, 2.24) is 15.6 Å². The van der Waals surface area contributed by atoms with Gasteiger partial charge in [-0.15, -0.1) is 11.3 Å². The van der Waals surface area contributed by atoms with Gasteiger partial charge in [0.25, 0.3) is 5.91 Å². The van der Waals surface area contributed by atoms with Crippen LogP contribution in [0.15, 0.2) is 66.0 Å². The number of amides is 2. The second kappa shape index (κ2) is 8.92. The Balaban J connectivity index is 1.41. The van der Waals surface area contributed by atoms with E-state index >= 15 is 0 Å². The van der Waals surface area contributed by atoms with E-state index in [0.29, 0.717) is 18.7 Å². The molecular weight excluding hydrogens is 346 g/mol. The average Bonchev–Trinajstić information content (AvgIpc) is 3.15. The van der Waals surface area contributed by atoms with E-state index in [1.807, 2.05) is 53.9 Å². The van der Waals surface area contributed by atoms with Crippen LogP contribution in [0.3, 0.4) is 0 Å². The minimum absolute atomic E-state index is 0.108. The van der Waals surface area contributed by atoms with Gasteiger partial charge in [0.05, 0.1) is 12.1 Å². The van der Waals surface area contributed by atoms with Gasteiger partial charge in [0.15, 0.2) is 0 Å². The molecule has 0 fully saturated rings. The number of carbonyl (C=O) groups is 2. The fourth-order valence-electron chi connectivity index (χ4n) is 2.40. The highest BCUT2D eigenvalue weighted by Crippen LogP contribution is 2.23. The van der Waals surface area contributed by atoms with E-state index in [1.54, 1.807) is 12.1 Å². The van der Waals surface area contributed by atoms with Gasteiger partial charge < -0.3 is 10.6 Å². The molecule has 1 aromatic heterocycles. The fraction of sp³-hybridized carbons (Fsp3) is 0.150. The van der Waals surface area contributed by atoms with Gasteiger partial charge in [0, 0.05) is 29.6 Å². The van der Waals surface area contributed by atoms with E-state index in [4.69, 9.17) is 0 Å². The van der Waals surface area contributed by atoms with Crippen LogP contribution in [0.25, 0.3) is 10.6 Å². The molecule has 1 heterocycles. The van der Waals surface area contributed by atoms with Crippen LogP contribution in [0.4, 0.5) is 0 Å². The summed E-state index contributed by atoms with van der Waals surface area (Å²) in [6.45, 7) is 0.763. The normalized spacial score (nSPS) is 10.3.